The Morgan fingerprint density at radius 3 is 2.61 bits per heavy atom. The summed E-state index contributed by atoms with van der Waals surface area (Å²) in [6.45, 7) is 2.14. The molecule has 1 amide bonds. The van der Waals surface area contributed by atoms with E-state index in [4.69, 9.17) is 0 Å². The van der Waals surface area contributed by atoms with Gasteiger partial charge in [0.2, 0.25) is 0 Å². The lowest BCUT2D eigenvalue weighted by atomic mass is 10.1. The molecular weight excluding hydrogens is 423 g/mol. The number of aromatic nitrogens is 2. The van der Waals surface area contributed by atoms with Crippen molar-refractivity contribution in [3.63, 3.8) is 0 Å². The molecule has 0 fully saturated rings. The normalized spacial score (nSPS) is 11.6. The van der Waals surface area contributed by atoms with Crippen LogP contribution in [0.3, 0.4) is 0 Å². The van der Waals surface area contributed by atoms with Gasteiger partial charge in [-0.3, -0.25) is 14.7 Å². The molecule has 2 heterocycles. The summed E-state index contributed by atoms with van der Waals surface area (Å²) < 4.78 is 40.4. The highest BCUT2D eigenvalue weighted by molar-refractivity contribution is 7.22. The van der Waals surface area contributed by atoms with Gasteiger partial charge in [-0.15, -0.1) is 0 Å². The molecule has 2 aromatic carbocycles. The number of thiazole rings is 1. The van der Waals surface area contributed by atoms with Crippen LogP contribution >= 0.6 is 11.3 Å². The van der Waals surface area contributed by atoms with E-state index in [2.05, 4.69) is 9.97 Å². The SMILES string of the molecule is CCc1ccc2nc(N(Cc3ccccn3)C(=O)c3cccc(C(F)(F)F)c3)sc2c1. The molecule has 2 aromatic heterocycles. The minimum Gasteiger partial charge on any atom is -0.278 e. The van der Waals surface area contributed by atoms with E-state index in [9.17, 15) is 18.0 Å². The summed E-state index contributed by atoms with van der Waals surface area (Å²) in [7, 11) is 0. The molecule has 0 spiro atoms. The number of carbonyl (C=O) groups is 1. The van der Waals surface area contributed by atoms with Crippen molar-refractivity contribution < 1.29 is 18.0 Å². The topological polar surface area (TPSA) is 46.1 Å². The number of hydrogen-bond acceptors (Lipinski definition) is 4. The summed E-state index contributed by atoms with van der Waals surface area (Å²) in [4.78, 5) is 23.5. The van der Waals surface area contributed by atoms with Gasteiger partial charge in [0.05, 0.1) is 28.0 Å². The first-order valence-electron chi connectivity index (χ1n) is 9.63. The van der Waals surface area contributed by atoms with E-state index in [1.807, 2.05) is 25.1 Å². The zero-order valence-corrected chi connectivity index (χ0v) is 17.4. The second kappa shape index (κ2) is 8.47. The van der Waals surface area contributed by atoms with Crippen LogP contribution < -0.4 is 4.90 Å². The number of anilines is 1. The van der Waals surface area contributed by atoms with Crippen molar-refractivity contribution in [1.29, 1.82) is 0 Å². The zero-order chi connectivity index (χ0) is 22.0. The summed E-state index contributed by atoms with van der Waals surface area (Å²) in [5.41, 5.74) is 1.56. The Morgan fingerprint density at radius 1 is 1.06 bits per heavy atom. The lowest BCUT2D eigenvalue weighted by Crippen LogP contribution is -2.31. The summed E-state index contributed by atoms with van der Waals surface area (Å²) in [6.07, 6.45) is -2.06. The fourth-order valence-electron chi connectivity index (χ4n) is 3.16. The molecule has 0 saturated heterocycles. The number of aryl methyl sites for hydroxylation is 1. The van der Waals surface area contributed by atoms with Gasteiger partial charge in [0.1, 0.15) is 0 Å². The van der Waals surface area contributed by atoms with Crippen molar-refractivity contribution in [2.75, 3.05) is 4.90 Å². The Hall–Kier alpha value is -3.26. The van der Waals surface area contributed by atoms with Crippen molar-refractivity contribution in [3.05, 3.63) is 89.2 Å². The van der Waals surface area contributed by atoms with Crippen LogP contribution in [0.5, 0.6) is 0 Å². The van der Waals surface area contributed by atoms with E-state index in [1.165, 1.54) is 28.4 Å². The number of alkyl halides is 3. The third-order valence-electron chi connectivity index (χ3n) is 4.81. The first-order valence-corrected chi connectivity index (χ1v) is 10.5. The average Bonchev–Trinajstić information content (AvgIpc) is 3.20. The van der Waals surface area contributed by atoms with Crippen LogP contribution in [-0.2, 0) is 19.1 Å². The molecule has 0 saturated carbocycles. The predicted molar refractivity (Wildman–Crippen MR) is 115 cm³/mol. The zero-order valence-electron chi connectivity index (χ0n) is 16.6. The summed E-state index contributed by atoms with van der Waals surface area (Å²) in [5.74, 6) is -0.563. The monoisotopic (exact) mass is 441 g/mol. The van der Waals surface area contributed by atoms with Crippen molar-refractivity contribution in [3.8, 4) is 0 Å². The molecule has 8 heteroatoms. The van der Waals surface area contributed by atoms with Crippen molar-refractivity contribution in [1.82, 2.24) is 9.97 Å². The Morgan fingerprint density at radius 2 is 1.90 bits per heavy atom. The van der Waals surface area contributed by atoms with Gasteiger partial charge in [-0.05, 0) is 54.4 Å². The molecule has 158 valence electrons. The van der Waals surface area contributed by atoms with Gasteiger partial charge in [0, 0.05) is 11.8 Å². The van der Waals surface area contributed by atoms with Gasteiger partial charge in [0.15, 0.2) is 5.13 Å². The number of halogens is 3. The summed E-state index contributed by atoms with van der Waals surface area (Å²) >= 11 is 1.33. The lowest BCUT2D eigenvalue weighted by Gasteiger charge is -2.20. The number of benzene rings is 2. The molecule has 0 N–H and O–H groups in total. The molecular formula is C23H18F3N3OS. The fraction of sp³-hybridized carbons (Fsp3) is 0.174. The van der Waals surface area contributed by atoms with Crippen LogP contribution in [0, 0.1) is 0 Å². The minimum atomic E-state index is -4.53. The molecule has 0 radical (unpaired) electrons. The number of pyridine rings is 1. The number of fused-ring (bicyclic) bond motifs is 1. The van der Waals surface area contributed by atoms with Crippen LogP contribution in [0.1, 0.15) is 34.1 Å². The maximum atomic E-state index is 13.3. The van der Waals surface area contributed by atoms with Crippen LogP contribution in [-0.4, -0.2) is 15.9 Å². The number of carbonyl (C=O) groups excluding carboxylic acids is 1. The number of nitrogens with zero attached hydrogens (tertiary/aromatic N) is 3. The number of rotatable bonds is 5. The highest BCUT2D eigenvalue weighted by Crippen LogP contribution is 2.33. The second-order valence-electron chi connectivity index (χ2n) is 6.94. The Balaban J connectivity index is 1.77. The third kappa shape index (κ3) is 4.59. The Kier molecular flexibility index (Phi) is 5.73. The van der Waals surface area contributed by atoms with Crippen molar-refractivity contribution in [2.45, 2.75) is 26.1 Å². The maximum absolute atomic E-state index is 13.3. The van der Waals surface area contributed by atoms with Gasteiger partial charge >= 0.3 is 6.18 Å². The van der Waals surface area contributed by atoms with Crippen LogP contribution in [0.15, 0.2) is 66.9 Å². The van der Waals surface area contributed by atoms with E-state index in [1.54, 1.807) is 24.4 Å². The molecule has 0 bridgehead atoms. The highest BCUT2D eigenvalue weighted by atomic mass is 32.1. The van der Waals surface area contributed by atoms with E-state index in [0.29, 0.717) is 10.8 Å². The molecule has 0 aliphatic heterocycles. The van der Waals surface area contributed by atoms with E-state index in [-0.39, 0.29) is 12.1 Å². The second-order valence-corrected chi connectivity index (χ2v) is 7.95. The third-order valence-corrected chi connectivity index (χ3v) is 5.85. The lowest BCUT2D eigenvalue weighted by molar-refractivity contribution is -0.137. The Bertz CT molecular complexity index is 1220. The molecule has 4 nitrogen and oxygen atoms in total. The highest BCUT2D eigenvalue weighted by Gasteiger charge is 2.32. The number of hydrogen-bond donors (Lipinski definition) is 0. The minimum absolute atomic E-state index is 0.0562. The van der Waals surface area contributed by atoms with Gasteiger partial charge in [0.25, 0.3) is 5.91 Å². The van der Waals surface area contributed by atoms with Crippen LogP contribution in [0.2, 0.25) is 0 Å². The van der Waals surface area contributed by atoms with Gasteiger partial charge in [-0.25, -0.2) is 4.98 Å². The summed E-state index contributed by atoms with van der Waals surface area (Å²) in [6, 6.07) is 15.6. The van der Waals surface area contributed by atoms with E-state index < -0.39 is 17.6 Å². The molecule has 0 aliphatic carbocycles. The molecule has 4 rings (SSSR count). The fourth-order valence-corrected chi connectivity index (χ4v) is 4.18. The van der Waals surface area contributed by atoms with Crippen molar-refractivity contribution in [2.24, 2.45) is 0 Å². The van der Waals surface area contributed by atoms with E-state index in [0.717, 1.165) is 34.3 Å². The Labute approximate surface area is 181 Å². The quantitative estimate of drug-likeness (QED) is 0.375. The maximum Gasteiger partial charge on any atom is 0.416 e. The van der Waals surface area contributed by atoms with Crippen LogP contribution in [0.25, 0.3) is 10.2 Å². The summed E-state index contributed by atoms with van der Waals surface area (Å²) in [5, 5.41) is 0.413. The van der Waals surface area contributed by atoms with Gasteiger partial charge in [-0.1, -0.05) is 36.5 Å². The van der Waals surface area contributed by atoms with Gasteiger partial charge < -0.3 is 0 Å². The van der Waals surface area contributed by atoms with Gasteiger partial charge in [-0.2, -0.15) is 13.2 Å². The molecule has 31 heavy (non-hydrogen) atoms. The molecule has 0 unspecified atom stereocenters. The van der Waals surface area contributed by atoms with Crippen molar-refractivity contribution >= 4 is 32.6 Å². The van der Waals surface area contributed by atoms with E-state index >= 15 is 0 Å². The molecule has 0 aliphatic rings. The first kappa shape index (κ1) is 21.0. The van der Waals surface area contributed by atoms with Crippen LogP contribution in [0.4, 0.5) is 18.3 Å². The molecule has 0 atom stereocenters. The molecule has 4 aromatic rings. The average molecular weight is 441 g/mol. The first-order chi connectivity index (χ1) is 14.8. The predicted octanol–water partition coefficient (Wildman–Crippen LogP) is 6.12. The number of amides is 1. The standard InChI is InChI=1S/C23H18F3N3OS/c1-2-15-9-10-19-20(12-15)31-22(28-19)29(14-18-8-3-4-11-27-18)21(30)16-6-5-7-17(13-16)23(24,25)26/h3-13H,2,14H2,1H3. The largest absolute Gasteiger partial charge is 0.416 e. The smallest absolute Gasteiger partial charge is 0.278 e.